The average molecular weight is 480 g/mol. The Morgan fingerprint density at radius 3 is 2.42 bits per heavy atom. The summed E-state index contributed by atoms with van der Waals surface area (Å²) in [6.45, 7) is 5.77. The third-order valence-electron chi connectivity index (χ3n) is 4.62. The van der Waals surface area contributed by atoms with Gasteiger partial charge in [0.25, 0.3) is 11.6 Å². The lowest BCUT2D eigenvalue weighted by Gasteiger charge is -2.12. The molecule has 31 heavy (non-hydrogen) atoms. The van der Waals surface area contributed by atoms with E-state index in [9.17, 15) is 20.2 Å². The number of rotatable bonds is 5. The van der Waals surface area contributed by atoms with Crippen molar-refractivity contribution in [2.45, 2.75) is 20.8 Å². The molecular weight excluding hydrogens is 462 g/mol. The first-order valence-electron chi connectivity index (χ1n) is 9.24. The molecule has 0 saturated carbocycles. The molecular formula is C23H18BrN3O4. The monoisotopic (exact) mass is 479 g/mol. The first kappa shape index (κ1) is 22.0. The number of nitriles is 1. The molecule has 1 N–H and O–H groups in total. The van der Waals surface area contributed by atoms with E-state index in [-0.39, 0.29) is 11.3 Å². The Kier molecular flexibility index (Phi) is 6.37. The smallest absolute Gasteiger partial charge is 0.270 e. The number of nitrogens with zero attached hydrogens (tertiary/aromatic N) is 2. The zero-order valence-electron chi connectivity index (χ0n) is 17.0. The molecule has 0 atom stereocenters. The SMILES string of the molecule is Cc1cc(C)c(NC(=O)/C(C#N)=C/c2ccc(-c3ccc([N+](=O)[O-])cc3Br)o2)c(C)c1. The molecule has 156 valence electrons. The summed E-state index contributed by atoms with van der Waals surface area (Å²) < 4.78 is 6.23. The van der Waals surface area contributed by atoms with E-state index in [2.05, 4.69) is 21.2 Å². The molecule has 3 aromatic rings. The van der Waals surface area contributed by atoms with Crippen LogP contribution in [0.3, 0.4) is 0 Å². The predicted molar refractivity (Wildman–Crippen MR) is 121 cm³/mol. The van der Waals surface area contributed by atoms with Crippen LogP contribution >= 0.6 is 15.9 Å². The molecule has 8 heteroatoms. The number of non-ortho nitro benzene ring substituents is 1. The second-order valence-electron chi connectivity index (χ2n) is 7.02. The van der Waals surface area contributed by atoms with Crippen LogP contribution in [-0.2, 0) is 4.79 Å². The normalized spacial score (nSPS) is 11.1. The van der Waals surface area contributed by atoms with Gasteiger partial charge in [-0.3, -0.25) is 14.9 Å². The molecule has 0 radical (unpaired) electrons. The van der Waals surface area contributed by atoms with E-state index in [1.165, 1.54) is 18.2 Å². The molecule has 3 rings (SSSR count). The Bertz CT molecular complexity index is 1250. The van der Waals surface area contributed by atoms with Crippen molar-refractivity contribution >= 4 is 39.3 Å². The largest absolute Gasteiger partial charge is 0.457 e. The minimum absolute atomic E-state index is 0.0487. The highest BCUT2D eigenvalue weighted by atomic mass is 79.9. The van der Waals surface area contributed by atoms with Gasteiger partial charge in [-0.1, -0.05) is 17.7 Å². The molecule has 0 fully saturated rings. The summed E-state index contributed by atoms with van der Waals surface area (Å²) in [7, 11) is 0. The van der Waals surface area contributed by atoms with Crippen molar-refractivity contribution in [2.24, 2.45) is 0 Å². The zero-order chi connectivity index (χ0) is 22.7. The topological polar surface area (TPSA) is 109 Å². The van der Waals surface area contributed by atoms with Crippen LogP contribution in [0.2, 0.25) is 0 Å². The maximum Gasteiger partial charge on any atom is 0.270 e. The van der Waals surface area contributed by atoms with Gasteiger partial charge in [-0.05, 0) is 66.0 Å². The van der Waals surface area contributed by atoms with Gasteiger partial charge in [0, 0.05) is 33.9 Å². The Labute approximate surface area is 187 Å². The number of hydrogen-bond donors (Lipinski definition) is 1. The van der Waals surface area contributed by atoms with Gasteiger partial charge in [-0.25, -0.2) is 0 Å². The Morgan fingerprint density at radius 1 is 1.16 bits per heavy atom. The molecule has 0 bridgehead atoms. The van der Waals surface area contributed by atoms with Crippen LogP contribution in [0.15, 0.2) is 56.9 Å². The van der Waals surface area contributed by atoms with Gasteiger partial charge in [-0.15, -0.1) is 0 Å². The van der Waals surface area contributed by atoms with E-state index >= 15 is 0 Å². The zero-order valence-corrected chi connectivity index (χ0v) is 18.6. The lowest BCUT2D eigenvalue weighted by atomic mass is 10.0. The summed E-state index contributed by atoms with van der Waals surface area (Å²) in [5.41, 5.74) is 4.03. The third-order valence-corrected chi connectivity index (χ3v) is 5.28. The molecule has 0 aliphatic heterocycles. The molecule has 0 aliphatic rings. The number of furan rings is 1. The van der Waals surface area contributed by atoms with Crippen molar-refractivity contribution in [2.75, 3.05) is 5.32 Å². The van der Waals surface area contributed by atoms with Gasteiger partial charge >= 0.3 is 0 Å². The maximum absolute atomic E-state index is 12.7. The number of anilines is 1. The number of carbonyl (C=O) groups is 1. The lowest BCUT2D eigenvalue weighted by Crippen LogP contribution is -2.15. The molecule has 1 amide bonds. The number of amides is 1. The van der Waals surface area contributed by atoms with E-state index in [1.807, 2.05) is 39.0 Å². The summed E-state index contributed by atoms with van der Waals surface area (Å²) >= 11 is 3.31. The first-order chi connectivity index (χ1) is 14.7. The van der Waals surface area contributed by atoms with Gasteiger partial charge in [0.1, 0.15) is 23.2 Å². The van der Waals surface area contributed by atoms with Gasteiger partial charge in [0.05, 0.1) is 4.92 Å². The van der Waals surface area contributed by atoms with Gasteiger partial charge in [0.15, 0.2) is 0 Å². The van der Waals surface area contributed by atoms with Crippen molar-refractivity contribution in [1.29, 1.82) is 5.26 Å². The van der Waals surface area contributed by atoms with E-state index in [4.69, 9.17) is 4.42 Å². The molecule has 0 unspecified atom stereocenters. The predicted octanol–water partition coefficient (Wildman–Crippen LogP) is 6.09. The third kappa shape index (κ3) is 4.90. The van der Waals surface area contributed by atoms with Gasteiger partial charge in [0.2, 0.25) is 0 Å². The summed E-state index contributed by atoms with van der Waals surface area (Å²) in [6, 6.07) is 13.4. The number of aryl methyl sites for hydroxylation is 3. The number of benzene rings is 2. The van der Waals surface area contributed by atoms with Gasteiger partial charge < -0.3 is 9.73 Å². The minimum Gasteiger partial charge on any atom is -0.457 e. The van der Waals surface area contributed by atoms with E-state index < -0.39 is 10.8 Å². The highest BCUT2D eigenvalue weighted by molar-refractivity contribution is 9.10. The molecule has 0 spiro atoms. The number of nitrogens with one attached hydrogen (secondary N) is 1. The summed E-state index contributed by atoms with van der Waals surface area (Å²) in [5, 5.41) is 23.2. The number of halogens is 1. The fourth-order valence-corrected chi connectivity index (χ4v) is 3.80. The van der Waals surface area contributed by atoms with Crippen molar-refractivity contribution in [3.8, 4) is 17.4 Å². The van der Waals surface area contributed by atoms with Crippen LogP contribution in [0.5, 0.6) is 0 Å². The highest BCUT2D eigenvalue weighted by Gasteiger charge is 2.16. The van der Waals surface area contributed by atoms with E-state index in [0.717, 1.165) is 16.7 Å². The fourth-order valence-electron chi connectivity index (χ4n) is 3.24. The maximum atomic E-state index is 12.7. The summed E-state index contributed by atoms with van der Waals surface area (Å²) in [6.07, 6.45) is 1.36. The number of hydrogen-bond acceptors (Lipinski definition) is 5. The number of carbonyl (C=O) groups excluding carboxylic acids is 1. The summed E-state index contributed by atoms with van der Waals surface area (Å²) in [4.78, 5) is 23.1. The minimum atomic E-state index is -0.535. The Hall–Kier alpha value is -3.70. The number of nitro benzene ring substituents is 1. The molecule has 0 aliphatic carbocycles. The molecule has 0 saturated heterocycles. The average Bonchev–Trinajstić information content (AvgIpc) is 3.16. The molecule has 1 heterocycles. The van der Waals surface area contributed by atoms with Crippen LogP contribution in [0.25, 0.3) is 17.4 Å². The quantitative estimate of drug-likeness (QED) is 0.206. The van der Waals surface area contributed by atoms with Gasteiger partial charge in [-0.2, -0.15) is 5.26 Å². The van der Waals surface area contributed by atoms with Crippen LogP contribution in [0.1, 0.15) is 22.5 Å². The van der Waals surface area contributed by atoms with Crippen LogP contribution in [-0.4, -0.2) is 10.8 Å². The van der Waals surface area contributed by atoms with Crippen molar-refractivity contribution in [3.05, 3.63) is 85.1 Å². The van der Waals surface area contributed by atoms with Crippen LogP contribution in [0, 0.1) is 42.2 Å². The Balaban J connectivity index is 1.86. The fraction of sp³-hybridized carbons (Fsp3) is 0.130. The van der Waals surface area contributed by atoms with Crippen molar-refractivity contribution in [3.63, 3.8) is 0 Å². The van der Waals surface area contributed by atoms with Crippen LogP contribution < -0.4 is 5.32 Å². The molecule has 7 nitrogen and oxygen atoms in total. The molecule has 1 aromatic heterocycles. The number of nitro groups is 1. The van der Waals surface area contributed by atoms with E-state index in [1.54, 1.807) is 18.2 Å². The molecule has 2 aromatic carbocycles. The van der Waals surface area contributed by atoms with Crippen LogP contribution in [0.4, 0.5) is 11.4 Å². The lowest BCUT2D eigenvalue weighted by molar-refractivity contribution is -0.384. The second kappa shape index (κ2) is 8.98. The van der Waals surface area contributed by atoms with Crippen molar-refractivity contribution < 1.29 is 14.1 Å². The Morgan fingerprint density at radius 2 is 1.84 bits per heavy atom. The van der Waals surface area contributed by atoms with E-state index in [0.29, 0.717) is 27.2 Å². The second-order valence-corrected chi connectivity index (χ2v) is 7.88. The highest BCUT2D eigenvalue weighted by Crippen LogP contribution is 2.33. The summed E-state index contributed by atoms with van der Waals surface area (Å²) in [5.74, 6) is 0.215. The van der Waals surface area contributed by atoms with Crippen molar-refractivity contribution in [1.82, 2.24) is 0 Å². The standard InChI is InChI=1S/C23H18BrN3O4/c1-13-8-14(2)22(15(3)9-13)26-23(28)16(12-25)10-18-5-7-21(31-18)19-6-4-17(27(29)30)11-20(19)24/h4-11H,1-3H3,(H,26,28)/b16-10+. The first-order valence-corrected chi connectivity index (χ1v) is 10.0.